The number of hydrogen-bond donors (Lipinski definition) is 1. The Balaban J connectivity index is 1.97. The molecule has 64 valence electrons. The van der Waals surface area contributed by atoms with Crippen molar-refractivity contribution in [1.29, 1.82) is 0 Å². The molecule has 2 heterocycles. The summed E-state index contributed by atoms with van der Waals surface area (Å²) in [4.78, 5) is 6.50. The van der Waals surface area contributed by atoms with Gasteiger partial charge in [0.25, 0.3) is 0 Å². The van der Waals surface area contributed by atoms with Gasteiger partial charge in [-0.3, -0.25) is 0 Å². The van der Waals surface area contributed by atoms with Crippen LogP contribution in [0.15, 0.2) is 24.4 Å². The second-order valence-corrected chi connectivity index (χ2v) is 3.19. The Labute approximate surface area is 72.2 Å². The van der Waals surface area contributed by atoms with Crippen LogP contribution >= 0.6 is 0 Å². The first-order valence-electron chi connectivity index (χ1n) is 4.26. The number of pyridine rings is 1. The molecule has 1 aliphatic heterocycles. The molecule has 0 saturated carbocycles. The van der Waals surface area contributed by atoms with Crippen LogP contribution in [0.4, 0.5) is 5.82 Å². The second kappa shape index (κ2) is 3.11. The van der Waals surface area contributed by atoms with Crippen LogP contribution in [0.5, 0.6) is 0 Å². The van der Waals surface area contributed by atoms with E-state index in [9.17, 15) is 0 Å². The van der Waals surface area contributed by atoms with E-state index < -0.39 is 0 Å². The van der Waals surface area contributed by atoms with E-state index in [0.29, 0.717) is 5.92 Å². The lowest BCUT2D eigenvalue weighted by Gasteiger charge is -2.39. The largest absolute Gasteiger partial charge is 0.356 e. The van der Waals surface area contributed by atoms with Crippen molar-refractivity contribution in [1.82, 2.24) is 4.98 Å². The van der Waals surface area contributed by atoms with E-state index in [1.54, 1.807) is 0 Å². The first kappa shape index (κ1) is 7.55. The predicted octanol–water partition coefficient (Wildman–Crippen LogP) is 0.476. The number of anilines is 1. The molecule has 3 heteroatoms. The molecule has 3 nitrogen and oxygen atoms in total. The summed E-state index contributed by atoms with van der Waals surface area (Å²) >= 11 is 0. The second-order valence-electron chi connectivity index (χ2n) is 3.19. The van der Waals surface area contributed by atoms with Gasteiger partial charge in [-0.15, -0.1) is 0 Å². The van der Waals surface area contributed by atoms with Gasteiger partial charge in [-0.05, 0) is 18.7 Å². The molecule has 0 spiro atoms. The van der Waals surface area contributed by atoms with E-state index in [1.165, 1.54) is 0 Å². The monoisotopic (exact) mass is 163 g/mol. The Morgan fingerprint density at radius 2 is 2.33 bits per heavy atom. The third-order valence-electron chi connectivity index (χ3n) is 2.26. The molecular formula is C9H13N3. The van der Waals surface area contributed by atoms with E-state index in [0.717, 1.165) is 25.5 Å². The first-order chi connectivity index (χ1) is 5.90. The number of nitrogens with two attached hydrogens (primary N) is 1. The highest BCUT2D eigenvalue weighted by Gasteiger charge is 2.25. The van der Waals surface area contributed by atoms with E-state index in [4.69, 9.17) is 5.73 Å². The molecular weight excluding hydrogens is 150 g/mol. The zero-order valence-electron chi connectivity index (χ0n) is 6.98. The molecule has 2 N–H and O–H groups in total. The highest BCUT2D eigenvalue weighted by atomic mass is 15.2. The van der Waals surface area contributed by atoms with Crippen LogP contribution in [-0.4, -0.2) is 24.6 Å². The minimum absolute atomic E-state index is 0.673. The van der Waals surface area contributed by atoms with E-state index in [2.05, 4.69) is 9.88 Å². The first-order valence-corrected chi connectivity index (χ1v) is 4.26. The Morgan fingerprint density at radius 3 is 2.92 bits per heavy atom. The Hall–Kier alpha value is -1.09. The summed E-state index contributed by atoms with van der Waals surface area (Å²) in [6, 6.07) is 5.98. The summed E-state index contributed by atoms with van der Waals surface area (Å²) < 4.78 is 0. The zero-order valence-corrected chi connectivity index (χ0v) is 6.98. The predicted molar refractivity (Wildman–Crippen MR) is 49.0 cm³/mol. The maximum atomic E-state index is 5.53. The van der Waals surface area contributed by atoms with Crippen molar-refractivity contribution in [2.24, 2.45) is 11.7 Å². The van der Waals surface area contributed by atoms with E-state index in [-0.39, 0.29) is 0 Å². The van der Waals surface area contributed by atoms with Crippen LogP contribution in [0.3, 0.4) is 0 Å². The third-order valence-corrected chi connectivity index (χ3v) is 2.26. The fraction of sp³-hybridized carbons (Fsp3) is 0.444. The van der Waals surface area contributed by atoms with Gasteiger partial charge < -0.3 is 10.6 Å². The SMILES string of the molecule is NCC1CN(c2ccccn2)C1. The molecule has 12 heavy (non-hydrogen) atoms. The van der Waals surface area contributed by atoms with Gasteiger partial charge in [0.1, 0.15) is 5.82 Å². The third kappa shape index (κ3) is 1.28. The minimum Gasteiger partial charge on any atom is -0.356 e. The zero-order chi connectivity index (χ0) is 8.39. The Kier molecular flexibility index (Phi) is 1.96. The summed E-state index contributed by atoms with van der Waals surface area (Å²) in [5.74, 6) is 1.74. The van der Waals surface area contributed by atoms with Crippen molar-refractivity contribution in [3.63, 3.8) is 0 Å². The van der Waals surface area contributed by atoms with Gasteiger partial charge in [0.05, 0.1) is 0 Å². The maximum absolute atomic E-state index is 5.53. The van der Waals surface area contributed by atoms with Gasteiger partial charge in [-0.1, -0.05) is 6.07 Å². The molecule has 0 unspecified atom stereocenters. The summed E-state index contributed by atoms with van der Waals surface area (Å²) in [6.45, 7) is 2.92. The van der Waals surface area contributed by atoms with Gasteiger partial charge in [0.2, 0.25) is 0 Å². The van der Waals surface area contributed by atoms with Crippen molar-refractivity contribution in [3.8, 4) is 0 Å². The fourth-order valence-corrected chi connectivity index (χ4v) is 1.45. The lowest BCUT2D eigenvalue weighted by atomic mass is 10.0. The van der Waals surface area contributed by atoms with Crippen molar-refractivity contribution in [2.45, 2.75) is 0 Å². The van der Waals surface area contributed by atoms with Crippen molar-refractivity contribution >= 4 is 5.82 Å². The average Bonchev–Trinajstić information content (AvgIpc) is 2.04. The standard InChI is InChI=1S/C9H13N3/c10-5-8-6-12(7-8)9-3-1-2-4-11-9/h1-4,8H,5-7,10H2. The molecule has 0 aliphatic carbocycles. The highest BCUT2D eigenvalue weighted by molar-refractivity contribution is 5.40. The van der Waals surface area contributed by atoms with E-state index in [1.807, 2.05) is 24.4 Å². The van der Waals surface area contributed by atoms with Crippen LogP contribution in [0.2, 0.25) is 0 Å². The number of aromatic nitrogens is 1. The van der Waals surface area contributed by atoms with Crippen molar-refractivity contribution in [3.05, 3.63) is 24.4 Å². The molecule has 2 rings (SSSR count). The summed E-state index contributed by atoms with van der Waals surface area (Å²) in [7, 11) is 0. The van der Waals surface area contributed by atoms with Gasteiger partial charge in [0.15, 0.2) is 0 Å². The number of nitrogens with zero attached hydrogens (tertiary/aromatic N) is 2. The van der Waals surface area contributed by atoms with Gasteiger partial charge >= 0.3 is 0 Å². The normalized spacial score (nSPS) is 17.6. The van der Waals surface area contributed by atoms with Crippen LogP contribution in [0.1, 0.15) is 0 Å². The molecule has 0 bridgehead atoms. The van der Waals surface area contributed by atoms with Gasteiger partial charge in [-0.2, -0.15) is 0 Å². The molecule has 1 saturated heterocycles. The average molecular weight is 163 g/mol. The van der Waals surface area contributed by atoms with E-state index >= 15 is 0 Å². The van der Waals surface area contributed by atoms with Gasteiger partial charge in [-0.25, -0.2) is 4.98 Å². The lowest BCUT2D eigenvalue weighted by Crippen LogP contribution is -2.50. The molecule has 1 aromatic rings. The minimum atomic E-state index is 0.673. The Morgan fingerprint density at radius 1 is 1.50 bits per heavy atom. The molecule has 1 aromatic heterocycles. The molecule has 1 fully saturated rings. The number of hydrogen-bond acceptors (Lipinski definition) is 3. The summed E-state index contributed by atoms with van der Waals surface area (Å²) in [6.07, 6.45) is 1.82. The molecule has 0 amide bonds. The smallest absolute Gasteiger partial charge is 0.128 e. The number of rotatable bonds is 2. The molecule has 0 aromatic carbocycles. The quantitative estimate of drug-likeness (QED) is 0.689. The molecule has 0 radical (unpaired) electrons. The molecule has 0 atom stereocenters. The van der Waals surface area contributed by atoms with Crippen LogP contribution in [0.25, 0.3) is 0 Å². The van der Waals surface area contributed by atoms with Crippen LogP contribution < -0.4 is 10.6 Å². The van der Waals surface area contributed by atoms with Crippen molar-refractivity contribution < 1.29 is 0 Å². The van der Waals surface area contributed by atoms with Crippen LogP contribution in [0, 0.1) is 5.92 Å². The highest BCUT2D eigenvalue weighted by Crippen LogP contribution is 2.20. The Bertz CT molecular complexity index is 241. The topological polar surface area (TPSA) is 42.1 Å². The molecule has 1 aliphatic rings. The van der Waals surface area contributed by atoms with Crippen LogP contribution in [-0.2, 0) is 0 Å². The lowest BCUT2D eigenvalue weighted by molar-refractivity contribution is 0.417. The summed E-state index contributed by atoms with van der Waals surface area (Å²) in [5, 5.41) is 0. The van der Waals surface area contributed by atoms with Crippen molar-refractivity contribution in [2.75, 3.05) is 24.5 Å². The maximum Gasteiger partial charge on any atom is 0.128 e. The summed E-state index contributed by atoms with van der Waals surface area (Å²) in [5.41, 5.74) is 5.53. The van der Waals surface area contributed by atoms with Gasteiger partial charge in [0, 0.05) is 25.2 Å². The fourth-order valence-electron chi connectivity index (χ4n) is 1.45.